The second kappa shape index (κ2) is 10.9. The molecule has 1 aliphatic carbocycles. The molecule has 2 heterocycles. The maximum absolute atomic E-state index is 13.1. The molecule has 3 rings (SSSR count). The van der Waals surface area contributed by atoms with Gasteiger partial charge < -0.3 is 15.3 Å². The monoisotopic (exact) mass is 419 g/mol. The zero-order chi connectivity index (χ0) is 20.6. The van der Waals surface area contributed by atoms with Gasteiger partial charge in [-0.05, 0) is 49.8 Å². The third-order valence-corrected chi connectivity index (χ3v) is 7.05. The van der Waals surface area contributed by atoms with Gasteiger partial charge in [-0.3, -0.25) is 9.59 Å². The van der Waals surface area contributed by atoms with Crippen LogP contribution in [0.1, 0.15) is 75.1 Å². The van der Waals surface area contributed by atoms with Gasteiger partial charge in [0.05, 0.1) is 5.56 Å². The van der Waals surface area contributed by atoms with Crippen molar-refractivity contribution in [3.63, 3.8) is 0 Å². The SMILES string of the molecule is CCCSc1cnc(N2CCC[C@@H](CC(=O)O)C2)cc1C(=O)NC1CCCCC1. The minimum Gasteiger partial charge on any atom is -0.481 e. The molecule has 2 N–H and O–H groups in total. The number of anilines is 1. The minimum absolute atomic E-state index is 0.00162. The van der Waals surface area contributed by atoms with Crippen molar-refractivity contribution < 1.29 is 14.7 Å². The van der Waals surface area contributed by atoms with Crippen LogP contribution in [0.5, 0.6) is 0 Å². The normalized spacial score (nSPS) is 20.4. The van der Waals surface area contributed by atoms with Gasteiger partial charge in [0, 0.05) is 36.6 Å². The molecule has 0 spiro atoms. The van der Waals surface area contributed by atoms with E-state index in [4.69, 9.17) is 5.11 Å². The Bertz CT molecular complexity index is 707. The molecule has 1 saturated carbocycles. The van der Waals surface area contributed by atoms with E-state index < -0.39 is 5.97 Å². The summed E-state index contributed by atoms with van der Waals surface area (Å²) in [7, 11) is 0. The van der Waals surface area contributed by atoms with E-state index in [1.165, 1.54) is 19.3 Å². The van der Waals surface area contributed by atoms with Crippen LogP contribution in [0.15, 0.2) is 17.2 Å². The van der Waals surface area contributed by atoms with Crippen molar-refractivity contribution in [3.8, 4) is 0 Å². The maximum atomic E-state index is 13.1. The molecule has 1 aromatic rings. The predicted molar refractivity (Wildman–Crippen MR) is 117 cm³/mol. The van der Waals surface area contributed by atoms with Crippen molar-refractivity contribution in [1.82, 2.24) is 10.3 Å². The van der Waals surface area contributed by atoms with E-state index >= 15 is 0 Å². The third-order valence-electron chi connectivity index (χ3n) is 5.81. The number of pyridine rings is 1. The molecular formula is C22H33N3O3S. The van der Waals surface area contributed by atoms with E-state index in [2.05, 4.69) is 22.1 Å². The van der Waals surface area contributed by atoms with Crippen LogP contribution in [-0.4, -0.2) is 46.9 Å². The molecule has 1 amide bonds. The summed E-state index contributed by atoms with van der Waals surface area (Å²) in [6.07, 6.45) is 10.7. The number of carbonyl (C=O) groups is 2. The molecule has 0 unspecified atom stereocenters. The van der Waals surface area contributed by atoms with Gasteiger partial charge in [-0.25, -0.2) is 4.98 Å². The fourth-order valence-electron chi connectivity index (χ4n) is 4.31. The van der Waals surface area contributed by atoms with E-state index in [0.717, 1.165) is 55.1 Å². The van der Waals surface area contributed by atoms with Crippen LogP contribution in [0, 0.1) is 5.92 Å². The highest BCUT2D eigenvalue weighted by atomic mass is 32.2. The third kappa shape index (κ3) is 6.36. The van der Waals surface area contributed by atoms with E-state index in [9.17, 15) is 9.59 Å². The summed E-state index contributed by atoms with van der Waals surface area (Å²) >= 11 is 1.68. The van der Waals surface area contributed by atoms with Gasteiger partial charge in [-0.2, -0.15) is 0 Å². The quantitative estimate of drug-likeness (QED) is 0.610. The summed E-state index contributed by atoms with van der Waals surface area (Å²) in [5.74, 6) is 1.13. The molecule has 7 heteroatoms. The van der Waals surface area contributed by atoms with Crippen LogP contribution < -0.4 is 10.2 Å². The van der Waals surface area contributed by atoms with Gasteiger partial charge >= 0.3 is 5.97 Å². The molecule has 0 aromatic carbocycles. The molecule has 2 aliphatic rings. The van der Waals surface area contributed by atoms with Crippen molar-refractivity contribution in [1.29, 1.82) is 0 Å². The lowest BCUT2D eigenvalue weighted by molar-refractivity contribution is -0.138. The Morgan fingerprint density at radius 3 is 2.76 bits per heavy atom. The molecule has 1 aliphatic heterocycles. The van der Waals surface area contributed by atoms with Crippen LogP contribution >= 0.6 is 11.8 Å². The standard InChI is InChI=1S/C22H33N3O3S/c1-2-11-29-19-14-23-20(25-10-6-7-16(15-25)12-21(26)27)13-18(19)22(28)24-17-8-4-3-5-9-17/h13-14,16-17H,2-12,15H2,1H3,(H,24,28)(H,26,27)/t16-/m0/s1. The second-order valence-electron chi connectivity index (χ2n) is 8.25. The molecule has 0 bridgehead atoms. The molecule has 29 heavy (non-hydrogen) atoms. The Balaban J connectivity index is 1.77. The lowest BCUT2D eigenvalue weighted by Gasteiger charge is -2.33. The Labute approximate surface area is 177 Å². The molecule has 0 radical (unpaired) electrons. The van der Waals surface area contributed by atoms with Crippen molar-refractivity contribution in [3.05, 3.63) is 17.8 Å². The second-order valence-corrected chi connectivity index (χ2v) is 9.38. The fraction of sp³-hybridized carbons (Fsp3) is 0.682. The summed E-state index contributed by atoms with van der Waals surface area (Å²) in [5, 5.41) is 12.4. The zero-order valence-corrected chi connectivity index (χ0v) is 18.2. The number of hydrogen-bond donors (Lipinski definition) is 2. The first-order valence-corrected chi connectivity index (χ1v) is 12.0. The van der Waals surface area contributed by atoms with E-state index in [1.807, 2.05) is 12.3 Å². The molecule has 2 fully saturated rings. The molecule has 160 valence electrons. The number of aromatic nitrogens is 1. The number of carboxylic acid groups (broad SMARTS) is 1. The van der Waals surface area contributed by atoms with Crippen LogP contribution in [0.25, 0.3) is 0 Å². The zero-order valence-electron chi connectivity index (χ0n) is 17.4. The Morgan fingerprint density at radius 2 is 2.03 bits per heavy atom. The number of nitrogens with zero attached hydrogens (tertiary/aromatic N) is 2. The topological polar surface area (TPSA) is 82.5 Å². The Kier molecular flexibility index (Phi) is 8.21. The number of nitrogens with one attached hydrogen (secondary N) is 1. The predicted octanol–water partition coefficient (Wildman–Crippen LogP) is 4.34. The number of carboxylic acids is 1. The van der Waals surface area contributed by atoms with Gasteiger partial charge in [-0.15, -0.1) is 11.8 Å². The smallest absolute Gasteiger partial charge is 0.303 e. The fourth-order valence-corrected chi connectivity index (χ4v) is 5.16. The highest BCUT2D eigenvalue weighted by Crippen LogP contribution is 2.29. The van der Waals surface area contributed by atoms with E-state index in [-0.39, 0.29) is 24.3 Å². The highest BCUT2D eigenvalue weighted by Gasteiger charge is 2.25. The molecule has 1 aromatic heterocycles. The number of hydrogen-bond acceptors (Lipinski definition) is 5. The van der Waals surface area contributed by atoms with E-state index in [0.29, 0.717) is 12.1 Å². The van der Waals surface area contributed by atoms with Crippen molar-refractivity contribution in [2.45, 2.75) is 75.6 Å². The van der Waals surface area contributed by atoms with Gasteiger partial charge in [0.25, 0.3) is 5.91 Å². The number of piperidine rings is 1. The van der Waals surface area contributed by atoms with Crippen molar-refractivity contribution in [2.24, 2.45) is 5.92 Å². The Hall–Kier alpha value is -1.76. The maximum Gasteiger partial charge on any atom is 0.303 e. The molecule has 6 nitrogen and oxygen atoms in total. The van der Waals surface area contributed by atoms with Crippen LogP contribution in [0.3, 0.4) is 0 Å². The average Bonchev–Trinajstić information content (AvgIpc) is 2.72. The first-order valence-electron chi connectivity index (χ1n) is 11.0. The van der Waals surface area contributed by atoms with Crippen molar-refractivity contribution >= 4 is 29.5 Å². The number of aliphatic carboxylic acids is 1. The Morgan fingerprint density at radius 1 is 1.24 bits per heavy atom. The van der Waals surface area contributed by atoms with E-state index in [1.54, 1.807) is 11.8 Å². The summed E-state index contributed by atoms with van der Waals surface area (Å²) in [6.45, 7) is 3.67. The first-order chi connectivity index (χ1) is 14.1. The summed E-state index contributed by atoms with van der Waals surface area (Å²) in [4.78, 5) is 31.9. The van der Waals surface area contributed by atoms with Gasteiger partial charge in [0.15, 0.2) is 0 Å². The molecular weight excluding hydrogens is 386 g/mol. The lowest BCUT2D eigenvalue weighted by Crippen LogP contribution is -2.38. The lowest BCUT2D eigenvalue weighted by atomic mass is 9.94. The van der Waals surface area contributed by atoms with Gasteiger partial charge in [0.2, 0.25) is 0 Å². The molecule has 1 atom stereocenters. The summed E-state index contributed by atoms with van der Waals surface area (Å²) < 4.78 is 0. The summed E-state index contributed by atoms with van der Waals surface area (Å²) in [5.41, 5.74) is 0.708. The number of carbonyl (C=O) groups excluding carboxylic acids is 1. The molecule has 1 saturated heterocycles. The van der Waals surface area contributed by atoms with Gasteiger partial charge in [0.1, 0.15) is 5.82 Å². The average molecular weight is 420 g/mol. The minimum atomic E-state index is -0.747. The first kappa shape index (κ1) is 21.9. The number of thioether (sulfide) groups is 1. The van der Waals surface area contributed by atoms with Crippen LogP contribution in [0.2, 0.25) is 0 Å². The van der Waals surface area contributed by atoms with Crippen molar-refractivity contribution in [2.75, 3.05) is 23.7 Å². The van der Waals surface area contributed by atoms with Crippen LogP contribution in [-0.2, 0) is 4.79 Å². The van der Waals surface area contributed by atoms with Crippen LogP contribution in [0.4, 0.5) is 5.82 Å². The summed E-state index contributed by atoms with van der Waals surface area (Å²) in [6, 6.07) is 2.19. The number of amides is 1. The van der Waals surface area contributed by atoms with Gasteiger partial charge in [-0.1, -0.05) is 26.2 Å². The highest BCUT2D eigenvalue weighted by molar-refractivity contribution is 7.99. The largest absolute Gasteiger partial charge is 0.481 e. The number of rotatable bonds is 8.